The predicted molar refractivity (Wildman–Crippen MR) is 97.3 cm³/mol. The summed E-state index contributed by atoms with van der Waals surface area (Å²) in [6, 6.07) is 15.4. The van der Waals surface area contributed by atoms with E-state index in [4.69, 9.17) is 11.6 Å². The van der Waals surface area contributed by atoms with Crippen molar-refractivity contribution in [3.8, 4) is 0 Å². The fourth-order valence-corrected chi connectivity index (χ4v) is 3.67. The third kappa shape index (κ3) is 3.77. The van der Waals surface area contributed by atoms with Gasteiger partial charge >= 0.3 is 0 Å². The van der Waals surface area contributed by atoms with Crippen LogP contribution in [-0.2, 0) is 5.75 Å². The van der Waals surface area contributed by atoms with Crippen LogP contribution in [0.1, 0.15) is 21.5 Å². The molecule has 1 heterocycles. The average molecular weight is 345 g/mol. The Morgan fingerprint density at radius 3 is 2.87 bits per heavy atom. The quantitative estimate of drug-likeness (QED) is 0.827. The van der Waals surface area contributed by atoms with Gasteiger partial charge in [0.25, 0.3) is 5.91 Å². The highest BCUT2D eigenvalue weighted by atomic mass is 35.5. The number of aliphatic imine (C=N–C) groups is 1. The van der Waals surface area contributed by atoms with E-state index in [0.29, 0.717) is 13.1 Å². The van der Waals surface area contributed by atoms with Gasteiger partial charge in [0.15, 0.2) is 5.17 Å². The van der Waals surface area contributed by atoms with E-state index in [1.54, 1.807) is 16.7 Å². The lowest BCUT2D eigenvalue weighted by molar-refractivity contribution is 0.0860. The molecule has 0 radical (unpaired) electrons. The Balaban J connectivity index is 1.70. The van der Waals surface area contributed by atoms with Crippen LogP contribution in [0.5, 0.6) is 0 Å². The molecule has 0 aromatic heterocycles. The summed E-state index contributed by atoms with van der Waals surface area (Å²) in [4.78, 5) is 19.0. The Hall–Kier alpha value is -1.78. The molecule has 118 valence electrons. The van der Waals surface area contributed by atoms with Crippen molar-refractivity contribution >= 4 is 34.4 Å². The first-order chi connectivity index (χ1) is 11.1. The molecule has 1 aliphatic rings. The number of amides is 1. The van der Waals surface area contributed by atoms with Crippen molar-refractivity contribution in [2.24, 2.45) is 4.99 Å². The molecule has 3 rings (SSSR count). The van der Waals surface area contributed by atoms with Gasteiger partial charge in [-0.25, -0.2) is 0 Å². The Labute approximate surface area is 145 Å². The SMILES string of the molecule is Cc1ccccc1C(=O)N1CCN=C1SCc1cccc(Cl)c1. The number of rotatable bonds is 3. The van der Waals surface area contributed by atoms with Crippen molar-refractivity contribution < 1.29 is 4.79 Å². The molecule has 0 saturated carbocycles. The van der Waals surface area contributed by atoms with Gasteiger partial charge in [-0.1, -0.05) is 53.7 Å². The van der Waals surface area contributed by atoms with Gasteiger partial charge in [-0.15, -0.1) is 0 Å². The smallest absolute Gasteiger partial charge is 0.260 e. The Bertz CT molecular complexity index is 760. The van der Waals surface area contributed by atoms with Crippen LogP contribution in [0.3, 0.4) is 0 Å². The van der Waals surface area contributed by atoms with Gasteiger partial charge in [-0.2, -0.15) is 0 Å². The molecule has 0 spiro atoms. The predicted octanol–water partition coefficient (Wildman–Crippen LogP) is 4.39. The first-order valence-electron chi connectivity index (χ1n) is 7.44. The zero-order chi connectivity index (χ0) is 16.2. The van der Waals surface area contributed by atoms with Crippen molar-refractivity contribution in [1.29, 1.82) is 0 Å². The Morgan fingerprint density at radius 1 is 1.26 bits per heavy atom. The van der Waals surface area contributed by atoms with E-state index in [1.807, 2.05) is 55.5 Å². The summed E-state index contributed by atoms with van der Waals surface area (Å²) in [6.45, 7) is 3.26. The lowest BCUT2D eigenvalue weighted by Crippen LogP contribution is -2.33. The highest BCUT2D eigenvalue weighted by Crippen LogP contribution is 2.23. The Kier molecular flexibility index (Phi) is 5.03. The number of aryl methyl sites for hydroxylation is 1. The molecule has 23 heavy (non-hydrogen) atoms. The molecule has 1 aliphatic heterocycles. The molecule has 2 aromatic rings. The summed E-state index contributed by atoms with van der Waals surface area (Å²) in [7, 11) is 0. The van der Waals surface area contributed by atoms with Crippen LogP contribution in [0.15, 0.2) is 53.5 Å². The van der Waals surface area contributed by atoms with Crippen molar-refractivity contribution in [3.63, 3.8) is 0 Å². The van der Waals surface area contributed by atoms with E-state index in [0.717, 1.165) is 32.6 Å². The summed E-state index contributed by atoms with van der Waals surface area (Å²) in [5.41, 5.74) is 2.86. The molecule has 0 fully saturated rings. The third-order valence-corrected chi connectivity index (χ3v) is 5.00. The number of carbonyl (C=O) groups excluding carboxylic acids is 1. The van der Waals surface area contributed by atoms with Gasteiger partial charge in [0.05, 0.1) is 6.54 Å². The van der Waals surface area contributed by atoms with Gasteiger partial charge in [0.1, 0.15) is 0 Å². The lowest BCUT2D eigenvalue weighted by Gasteiger charge is -2.19. The van der Waals surface area contributed by atoms with E-state index in [1.165, 1.54) is 0 Å². The molecule has 1 amide bonds. The van der Waals surface area contributed by atoms with Crippen LogP contribution in [0.4, 0.5) is 0 Å². The standard InChI is InChI=1S/C18H17ClN2OS/c1-13-5-2-3-8-16(13)17(22)21-10-9-20-18(21)23-12-14-6-4-7-15(19)11-14/h2-8,11H,9-10,12H2,1H3. The number of amidine groups is 1. The largest absolute Gasteiger partial charge is 0.286 e. The number of thioether (sulfide) groups is 1. The topological polar surface area (TPSA) is 32.7 Å². The van der Waals surface area contributed by atoms with Crippen LogP contribution in [-0.4, -0.2) is 29.1 Å². The van der Waals surface area contributed by atoms with Crippen LogP contribution in [0, 0.1) is 6.92 Å². The number of hydrogen-bond donors (Lipinski definition) is 0. The van der Waals surface area contributed by atoms with Gasteiger partial charge in [0, 0.05) is 22.9 Å². The van der Waals surface area contributed by atoms with Gasteiger partial charge in [-0.05, 0) is 36.2 Å². The monoisotopic (exact) mass is 344 g/mol. The molecule has 0 N–H and O–H groups in total. The maximum absolute atomic E-state index is 12.8. The fraction of sp³-hybridized carbons (Fsp3) is 0.222. The Morgan fingerprint density at radius 2 is 2.09 bits per heavy atom. The number of halogens is 1. The summed E-state index contributed by atoms with van der Waals surface area (Å²) >= 11 is 7.59. The molecular weight excluding hydrogens is 328 g/mol. The summed E-state index contributed by atoms with van der Waals surface area (Å²) in [5, 5.41) is 1.52. The minimum atomic E-state index is 0.0259. The van der Waals surface area contributed by atoms with Crippen molar-refractivity contribution in [2.75, 3.05) is 13.1 Å². The van der Waals surface area contributed by atoms with Gasteiger partial charge in [0.2, 0.25) is 0 Å². The maximum atomic E-state index is 12.8. The van der Waals surface area contributed by atoms with E-state index < -0.39 is 0 Å². The van der Waals surface area contributed by atoms with E-state index >= 15 is 0 Å². The van der Waals surface area contributed by atoms with E-state index in [2.05, 4.69) is 4.99 Å². The molecule has 0 bridgehead atoms. The average Bonchev–Trinajstić information content (AvgIpc) is 3.01. The highest BCUT2D eigenvalue weighted by Gasteiger charge is 2.25. The second-order valence-electron chi connectivity index (χ2n) is 5.35. The van der Waals surface area contributed by atoms with Gasteiger partial charge < -0.3 is 0 Å². The second kappa shape index (κ2) is 7.20. The minimum Gasteiger partial charge on any atom is -0.286 e. The van der Waals surface area contributed by atoms with Crippen LogP contribution >= 0.6 is 23.4 Å². The molecule has 0 saturated heterocycles. The van der Waals surface area contributed by atoms with Crippen LogP contribution < -0.4 is 0 Å². The first kappa shape index (κ1) is 16.1. The van der Waals surface area contributed by atoms with Crippen molar-refractivity contribution in [3.05, 3.63) is 70.2 Å². The second-order valence-corrected chi connectivity index (χ2v) is 6.73. The molecule has 0 unspecified atom stereocenters. The fourth-order valence-electron chi connectivity index (χ4n) is 2.47. The first-order valence-corrected chi connectivity index (χ1v) is 8.81. The normalized spacial score (nSPS) is 14.0. The molecule has 5 heteroatoms. The zero-order valence-corrected chi connectivity index (χ0v) is 14.4. The highest BCUT2D eigenvalue weighted by molar-refractivity contribution is 8.13. The molecular formula is C18H17ClN2OS. The molecule has 2 aromatic carbocycles. The number of nitrogens with zero attached hydrogens (tertiary/aromatic N) is 2. The van der Waals surface area contributed by atoms with E-state index in [-0.39, 0.29) is 5.91 Å². The van der Waals surface area contributed by atoms with Crippen molar-refractivity contribution in [1.82, 2.24) is 4.90 Å². The number of hydrogen-bond acceptors (Lipinski definition) is 3. The summed E-state index contributed by atoms with van der Waals surface area (Å²) in [5.74, 6) is 0.773. The molecule has 0 aliphatic carbocycles. The molecule has 0 atom stereocenters. The lowest BCUT2D eigenvalue weighted by atomic mass is 10.1. The van der Waals surface area contributed by atoms with Crippen LogP contribution in [0.25, 0.3) is 0 Å². The zero-order valence-electron chi connectivity index (χ0n) is 12.8. The maximum Gasteiger partial charge on any atom is 0.260 e. The number of benzene rings is 2. The summed E-state index contributed by atoms with van der Waals surface area (Å²) < 4.78 is 0. The third-order valence-electron chi connectivity index (χ3n) is 3.68. The van der Waals surface area contributed by atoms with Crippen molar-refractivity contribution in [2.45, 2.75) is 12.7 Å². The number of carbonyl (C=O) groups is 1. The summed E-state index contributed by atoms with van der Waals surface area (Å²) in [6.07, 6.45) is 0. The minimum absolute atomic E-state index is 0.0259. The van der Waals surface area contributed by atoms with E-state index in [9.17, 15) is 4.79 Å². The molecule has 3 nitrogen and oxygen atoms in total. The van der Waals surface area contributed by atoms with Crippen LogP contribution in [0.2, 0.25) is 5.02 Å². The van der Waals surface area contributed by atoms with Gasteiger partial charge in [-0.3, -0.25) is 14.7 Å².